The molecule has 5 rings (SSSR count). The fourth-order valence-electron chi connectivity index (χ4n) is 4.40. The fourth-order valence-corrected chi connectivity index (χ4v) is 4.40. The number of hydrogen-bond acceptors (Lipinski definition) is 5. The monoisotopic (exact) mass is 417 g/mol. The summed E-state index contributed by atoms with van der Waals surface area (Å²) in [7, 11) is 5.01. The number of rotatable bonds is 4. The Balaban J connectivity index is 1.63. The molecule has 0 unspecified atom stereocenters. The lowest BCUT2D eigenvalue weighted by atomic mass is 9.85. The van der Waals surface area contributed by atoms with Gasteiger partial charge in [0.05, 0.1) is 19.9 Å². The second kappa shape index (κ2) is 7.41. The van der Waals surface area contributed by atoms with Gasteiger partial charge in [-0.15, -0.1) is 0 Å². The Hall–Kier alpha value is -3.35. The number of para-hydroxylation sites is 1. The molecule has 2 aliphatic rings. The van der Waals surface area contributed by atoms with Gasteiger partial charge in [0.1, 0.15) is 17.6 Å². The first-order chi connectivity index (χ1) is 15.1. The minimum atomic E-state index is -1.27. The molecular formula is C25H23NO5. The molecule has 1 amide bonds. The van der Waals surface area contributed by atoms with Crippen molar-refractivity contribution < 1.29 is 23.7 Å². The van der Waals surface area contributed by atoms with Crippen molar-refractivity contribution in [2.75, 3.05) is 26.2 Å². The summed E-state index contributed by atoms with van der Waals surface area (Å²) in [5, 5.41) is 0. The summed E-state index contributed by atoms with van der Waals surface area (Å²) in [6, 6.07) is 22.7. The summed E-state index contributed by atoms with van der Waals surface area (Å²) < 4.78 is 23.5. The van der Waals surface area contributed by atoms with Crippen LogP contribution in [0.15, 0.2) is 72.8 Å². The molecule has 1 saturated heterocycles. The Bertz CT molecular complexity index is 1110. The number of benzene rings is 3. The predicted octanol–water partition coefficient (Wildman–Crippen LogP) is 4.36. The SMILES string of the molecule is COc1ccc([C@H]2O[C@@H](c3ccc(OC)cc3)[C@@]3(O2)C(=O)N(C)c2ccccc23)cc1. The Morgan fingerprint density at radius 1 is 0.839 bits per heavy atom. The second-order valence-electron chi connectivity index (χ2n) is 7.63. The molecule has 3 aromatic rings. The number of amides is 1. The van der Waals surface area contributed by atoms with Gasteiger partial charge in [0.25, 0.3) is 5.91 Å². The third-order valence-corrected chi connectivity index (χ3v) is 6.02. The summed E-state index contributed by atoms with van der Waals surface area (Å²) in [6.07, 6.45) is -1.33. The van der Waals surface area contributed by atoms with Gasteiger partial charge in [-0.25, -0.2) is 0 Å². The average Bonchev–Trinajstić information content (AvgIpc) is 3.33. The number of likely N-dealkylation sites (N-methyl/N-ethyl adjacent to an activating group) is 1. The largest absolute Gasteiger partial charge is 0.497 e. The third-order valence-electron chi connectivity index (χ3n) is 6.02. The molecule has 1 spiro atoms. The highest BCUT2D eigenvalue weighted by Gasteiger charge is 2.63. The van der Waals surface area contributed by atoms with Crippen molar-refractivity contribution >= 4 is 11.6 Å². The molecule has 0 saturated carbocycles. The molecule has 2 heterocycles. The first kappa shape index (κ1) is 19.6. The molecular weight excluding hydrogens is 394 g/mol. The number of carbonyl (C=O) groups is 1. The van der Waals surface area contributed by atoms with Crippen LogP contribution in [0, 0.1) is 0 Å². The van der Waals surface area contributed by atoms with Gasteiger partial charge in [0, 0.05) is 18.2 Å². The van der Waals surface area contributed by atoms with Gasteiger partial charge in [-0.1, -0.05) is 42.5 Å². The molecule has 3 aromatic carbocycles. The molecule has 0 bridgehead atoms. The average molecular weight is 417 g/mol. The van der Waals surface area contributed by atoms with Crippen LogP contribution in [0.5, 0.6) is 11.5 Å². The van der Waals surface area contributed by atoms with Crippen LogP contribution in [-0.4, -0.2) is 27.2 Å². The Morgan fingerprint density at radius 3 is 2.03 bits per heavy atom. The van der Waals surface area contributed by atoms with E-state index in [-0.39, 0.29) is 5.91 Å². The number of fused-ring (bicyclic) bond motifs is 2. The standard InChI is InChI=1S/C25H23NO5/c1-26-21-7-5-4-6-20(21)25(24(26)27)22(16-8-12-18(28-2)13-9-16)30-23(31-25)17-10-14-19(29-3)15-11-17/h4-15,22-23H,1-3H3/t22-,23-,25+/m0/s1. The van der Waals surface area contributed by atoms with Crippen molar-refractivity contribution in [1.82, 2.24) is 0 Å². The molecule has 2 aliphatic heterocycles. The fraction of sp³-hybridized carbons (Fsp3) is 0.240. The van der Waals surface area contributed by atoms with Crippen molar-refractivity contribution in [2.24, 2.45) is 0 Å². The van der Waals surface area contributed by atoms with Crippen LogP contribution >= 0.6 is 0 Å². The number of carbonyl (C=O) groups excluding carboxylic acids is 1. The summed E-state index contributed by atoms with van der Waals surface area (Å²) >= 11 is 0. The first-order valence-electron chi connectivity index (χ1n) is 10.1. The topological polar surface area (TPSA) is 57.2 Å². The molecule has 6 heteroatoms. The smallest absolute Gasteiger partial charge is 0.266 e. The van der Waals surface area contributed by atoms with Crippen LogP contribution in [0.1, 0.15) is 29.1 Å². The molecule has 0 aromatic heterocycles. The van der Waals surface area contributed by atoms with E-state index in [1.807, 2.05) is 72.8 Å². The van der Waals surface area contributed by atoms with Crippen LogP contribution < -0.4 is 14.4 Å². The van der Waals surface area contributed by atoms with E-state index in [2.05, 4.69) is 0 Å². The van der Waals surface area contributed by atoms with E-state index in [9.17, 15) is 4.79 Å². The van der Waals surface area contributed by atoms with Gasteiger partial charge >= 0.3 is 0 Å². The lowest BCUT2D eigenvalue weighted by Crippen LogP contribution is -2.42. The lowest BCUT2D eigenvalue weighted by Gasteiger charge is -2.27. The highest BCUT2D eigenvalue weighted by molar-refractivity contribution is 6.07. The molecule has 6 nitrogen and oxygen atoms in total. The maximum atomic E-state index is 13.6. The van der Waals surface area contributed by atoms with Gasteiger partial charge in [-0.05, 0) is 35.9 Å². The van der Waals surface area contributed by atoms with E-state index < -0.39 is 18.0 Å². The second-order valence-corrected chi connectivity index (χ2v) is 7.63. The van der Waals surface area contributed by atoms with E-state index in [0.29, 0.717) is 0 Å². The molecule has 0 aliphatic carbocycles. The molecule has 31 heavy (non-hydrogen) atoms. The minimum absolute atomic E-state index is 0.148. The lowest BCUT2D eigenvalue weighted by molar-refractivity contribution is -0.145. The molecule has 0 radical (unpaired) electrons. The number of nitrogens with zero attached hydrogens (tertiary/aromatic N) is 1. The predicted molar refractivity (Wildman–Crippen MR) is 115 cm³/mol. The van der Waals surface area contributed by atoms with E-state index in [1.165, 1.54) is 0 Å². The van der Waals surface area contributed by atoms with Gasteiger partial charge in [-0.2, -0.15) is 0 Å². The molecule has 158 valence electrons. The zero-order chi connectivity index (χ0) is 21.6. The maximum absolute atomic E-state index is 13.6. The van der Waals surface area contributed by atoms with Gasteiger partial charge < -0.3 is 23.8 Å². The summed E-state index contributed by atoms with van der Waals surface area (Å²) in [5.41, 5.74) is 2.01. The zero-order valence-electron chi connectivity index (χ0n) is 17.6. The minimum Gasteiger partial charge on any atom is -0.497 e. The van der Waals surface area contributed by atoms with Gasteiger partial charge in [0.2, 0.25) is 5.60 Å². The summed E-state index contributed by atoms with van der Waals surface area (Å²) in [4.78, 5) is 15.3. The van der Waals surface area contributed by atoms with Crippen LogP contribution in [0.25, 0.3) is 0 Å². The summed E-state index contributed by atoms with van der Waals surface area (Å²) in [6.45, 7) is 0. The highest BCUT2D eigenvalue weighted by Crippen LogP contribution is 2.58. The Kier molecular flexibility index (Phi) is 4.68. The van der Waals surface area contributed by atoms with Gasteiger partial charge in [0.15, 0.2) is 6.29 Å². The van der Waals surface area contributed by atoms with Crippen molar-refractivity contribution in [2.45, 2.75) is 18.0 Å². The van der Waals surface area contributed by atoms with Crippen molar-refractivity contribution in [3.05, 3.63) is 89.5 Å². The van der Waals surface area contributed by atoms with E-state index in [1.54, 1.807) is 26.2 Å². The first-order valence-corrected chi connectivity index (χ1v) is 10.1. The van der Waals surface area contributed by atoms with Crippen molar-refractivity contribution in [3.63, 3.8) is 0 Å². The van der Waals surface area contributed by atoms with Crippen molar-refractivity contribution in [3.8, 4) is 11.5 Å². The highest BCUT2D eigenvalue weighted by atomic mass is 16.7. The van der Waals surface area contributed by atoms with Gasteiger partial charge in [-0.3, -0.25) is 4.79 Å². The van der Waals surface area contributed by atoms with Crippen molar-refractivity contribution in [1.29, 1.82) is 0 Å². The molecule has 0 N–H and O–H groups in total. The number of anilines is 1. The number of methoxy groups -OCH3 is 2. The molecule has 3 atom stereocenters. The summed E-state index contributed by atoms with van der Waals surface area (Å²) in [5.74, 6) is 1.33. The molecule has 1 fully saturated rings. The van der Waals surface area contributed by atoms with Crippen LogP contribution in [0.3, 0.4) is 0 Å². The quantitative estimate of drug-likeness (QED) is 0.631. The van der Waals surface area contributed by atoms with Crippen LogP contribution in [-0.2, 0) is 19.9 Å². The van der Waals surface area contributed by atoms with Crippen LogP contribution in [0.4, 0.5) is 5.69 Å². The number of ether oxygens (including phenoxy) is 4. The normalized spacial score (nSPS) is 24.5. The Labute approximate surface area is 180 Å². The number of hydrogen-bond donors (Lipinski definition) is 0. The van der Waals surface area contributed by atoms with E-state index >= 15 is 0 Å². The maximum Gasteiger partial charge on any atom is 0.266 e. The third kappa shape index (κ3) is 2.91. The zero-order valence-corrected chi connectivity index (χ0v) is 17.6. The Morgan fingerprint density at radius 2 is 1.42 bits per heavy atom. The van der Waals surface area contributed by atoms with E-state index in [0.717, 1.165) is 33.9 Å². The van der Waals surface area contributed by atoms with E-state index in [4.69, 9.17) is 18.9 Å². The van der Waals surface area contributed by atoms with Crippen LogP contribution in [0.2, 0.25) is 0 Å².